The van der Waals surface area contributed by atoms with E-state index in [9.17, 15) is 19.7 Å². The summed E-state index contributed by atoms with van der Waals surface area (Å²) in [6, 6.07) is 5.56. The van der Waals surface area contributed by atoms with E-state index in [0.717, 1.165) is 16.6 Å². The Morgan fingerprint density at radius 2 is 1.97 bits per heavy atom. The highest BCUT2D eigenvalue weighted by Crippen LogP contribution is 2.40. The molecule has 1 aliphatic heterocycles. The van der Waals surface area contributed by atoms with Crippen molar-refractivity contribution >= 4 is 46.3 Å². The van der Waals surface area contributed by atoms with Gasteiger partial charge in [-0.2, -0.15) is 0 Å². The molecule has 0 radical (unpaired) electrons. The van der Waals surface area contributed by atoms with Crippen molar-refractivity contribution in [3.63, 3.8) is 0 Å². The van der Waals surface area contributed by atoms with Gasteiger partial charge in [-0.3, -0.25) is 0 Å². The maximum Gasteiger partial charge on any atom is 0.160 e. The lowest BCUT2D eigenvalue weighted by Gasteiger charge is -2.41. The number of rotatable bonds is 5. The Kier molecular flexibility index (Phi) is 6.66. The minimum atomic E-state index is -1.24. The summed E-state index contributed by atoms with van der Waals surface area (Å²) in [6.45, 7) is -0.473. The van der Waals surface area contributed by atoms with Crippen LogP contribution in [0.4, 0.5) is 4.39 Å². The number of aromatic nitrogens is 3. The van der Waals surface area contributed by atoms with E-state index < -0.39 is 42.2 Å². The predicted molar refractivity (Wildman–Crippen MR) is 112 cm³/mol. The molecular formula is C18H16Cl2FN3O4S2. The predicted octanol–water partition coefficient (Wildman–Crippen LogP) is 3.22. The normalized spacial score (nSPS) is 26.8. The van der Waals surface area contributed by atoms with Gasteiger partial charge in [0.25, 0.3) is 0 Å². The van der Waals surface area contributed by atoms with Crippen LogP contribution >= 0.6 is 46.3 Å². The van der Waals surface area contributed by atoms with Crippen LogP contribution in [0.15, 0.2) is 40.7 Å². The summed E-state index contributed by atoms with van der Waals surface area (Å²) in [5.41, 5.74) is -0.319. The fourth-order valence-electron chi connectivity index (χ4n) is 3.17. The Bertz CT molecular complexity index is 1000. The Balaban J connectivity index is 1.62. The van der Waals surface area contributed by atoms with Gasteiger partial charge in [0.15, 0.2) is 5.82 Å². The SMILES string of the molecule is OCC1O[C@H](Sc2cc(Cl)c(F)c(Cl)c2)C(O)C(n2cc(-c3cccs3)nn2)[C@H]1O. The smallest absolute Gasteiger partial charge is 0.160 e. The molecule has 0 saturated carbocycles. The Labute approximate surface area is 189 Å². The largest absolute Gasteiger partial charge is 0.394 e. The average molecular weight is 492 g/mol. The lowest BCUT2D eigenvalue weighted by molar-refractivity contribution is -0.178. The van der Waals surface area contributed by atoms with Crippen molar-refractivity contribution in [3.8, 4) is 10.6 Å². The van der Waals surface area contributed by atoms with Crippen LogP contribution < -0.4 is 0 Å². The first-order valence-corrected chi connectivity index (χ1v) is 11.3. The number of hydrogen-bond donors (Lipinski definition) is 3. The molecule has 5 atom stereocenters. The standard InChI is InChI=1S/C18H16Cl2FN3O4S2/c19-9-4-8(5-10(20)14(9)21)30-18-17(27)15(16(26)12(7-25)28-18)24-6-11(22-23-24)13-2-1-3-29-13/h1-6,12,15-18,25-27H,7H2/t12?,15?,16-,17?,18+/m0/s1. The van der Waals surface area contributed by atoms with Gasteiger partial charge in [0.1, 0.15) is 35.5 Å². The minimum absolute atomic E-state index is 0.164. The highest BCUT2D eigenvalue weighted by atomic mass is 35.5. The van der Waals surface area contributed by atoms with E-state index in [-0.39, 0.29) is 10.0 Å². The summed E-state index contributed by atoms with van der Waals surface area (Å²) in [5.74, 6) is -0.738. The third kappa shape index (κ3) is 4.23. The Hall–Kier alpha value is -1.24. The molecule has 3 aromatic rings. The van der Waals surface area contributed by atoms with Crippen molar-refractivity contribution in [1.82, 2.24) is 15.0 Å². The first-order chi connectivity index (χ1) is 14.4. The van der Waals surface area contributed by atoms with E-state index in [1.165, 1.54) is 28.2 Å². The monoisotopic (exact) mass is 491 g/mol. The number of ether oxygens (including phenoxy) is 1. The second-order valence-corrected chi connectivity index (χ2v) is 9.51. The van der Waals surface area contributed by atoms with E-state index in [1.54, 1.807) is 6.20 Å². The van der Waals surface area contributed by atoms with Crippen molar-refractivity contribution in [3.05, 3.63) is 51.7 Å². The molecule has 4 rings (SSSR count). The molecule has 3 unspecified atom stereocenters. The van der Waals surface area contributed by atoms with Gasteiger partial charge in [0.05, 0.1) is 27.7 Å². The van der Waals surface area contributed by atoms with Crippen LogP contribution in [0.5, 0.6) is 0 Å². The van der Waals surface area contributed by atoms with Crippen LogP contribution in [-0.4, -0.2) is 60.7 Å². The molecule has 1 aromatic carbocycles. The van der Waals surface area contributed by atoms with Gasteiger partial charge >= 0.3 is 0 Å². The third-order valence-corrected chi connectivity index (χ3v) is 7.22. The lowest BCUT2D eigenvalue weighted by Crippen LogP contribution is -2.55. The number of hydrogen-bond acceptors (Lipinski definition) is 8. The van der Waals surface area contributed by atoms with E-state index in [0.29, 0.717) is 10.6 Å². The number of aliphatic hydroxyl groups is 3. The van der Waals surface area contributed by atoms with E-state index in [1.807, 2.05) is 17.5 Å². The zero-order chi connectivity index (χ0) is 21.4. The summed E-state index contributed by atoms with van der Waals surface area (Å²) < 4.78 is 20.7. The number of thioether (sulfide) groups is 1. The molecule has 0 amide bonds. The van der Waals surface area contributed by atoms with Crippen LogP contribution in [0.25, 0.3) is 10.6 Å². The molecule has 0 spiro atoms. The van der Waals surface area contributed by atoms with Crippen LogP contribution in [0.1, 0.15) is 6.04 Å². The zero-order valence-corrected chi connectivity index (χ0v) is 18.2. The maximum absolute atomic E-state index is 13.7. The number of halogens is 3. The third-order valence-electron chi connectivity index (χ3n) is 4.65. The van der Waals surface area contributed by atoms with Gasteiger partial charge in [-0.1, -0.05) is 46.2 Å². The number of benzene rings is 1. The van der Waals surface area contributed by atoms with Crippen LogP contribution in [0.3, 0.4) is 0 Å². The van der Waals surface area contributed by atoms with Gasteiger partial charge in [0, 0.05) is 4.90 Å². The first kappa shape index (κ1) is 22.0. The molecule has 1 saturated heterocycles. The van der Waals surface area contributed by atoms with Crippen molar-refractivity contribution in [1.29, 1.82) is 0 Å². The van der Waals surface area contributed by atoms with E-state index in [4.69, 9.17) is 27.9 Å². The summed E-state index contributed by atoms with van der Waals surface area (Å²) in [4.78, 5) is 1.35. The molecule has 2 aromatic heterocycles. The molecule has 7 nitrogen and oxygen atoms in total. The van der Waals surface area contributed by atoms with Gasteiger partial charge < -0.3 is 20.1 Å². The summed E-state index contributed by atoms with van der Waals surface area (Å²) in [6.07, 6.45) is -1.82. The molecule has 30 heavy (non-hydrogen) atoms. The molecular weight excluding hydrogens is 476 g/mol. The van der Waals surface area contributed by atoms with Crippen molar-refractivity contribution in [2.24, 2.45) is 0 Å². The number of aliphatic hydroxyl groups excluding tert-OH is 3. The molecule has 1 fully saturated rings. The second-order valence-electron chi connectivity index (χ2n) is 6.58. The lowest BCUT2D eigenvalue weighted by atomic mass is 9.97. The fraction of sp³-hybridized carbons (Fsp3) is 0.333. The van der Waals surface area contributed by atoms with Gasteiger partial charge in [-0.25, -0.2) is 9.07 Å². The van der Waals surface area contributed by atoms with Crippen LogP contribution in [0, 0.1) is 5.82 Å². The maximum atomic E-state index is 13.7. The highest BCUT2D eigenvalue weighted by molar-refractivity contribution is 7.99. The van der Waals surface area contributed by atoms with Gasteiger partial charge in [0.2, 0.25) is 0 Å². The molecule has 3 N–H and O–H groups in total. The molecule has 0 bridgehead atoms. The zero-order valence-electron chi connectivity index (χ0n) is 15.1. The molecule has 1 aliphatic rings. The topological polar surface area (TPSA) is 101 Å². The van der Waals surface area contributed by atoms with Crippen LogP contribution in [-0.2, 0) is 4.74 Å². The highest BCUT2D eigenvalue weighted by Gasteiger charge is 2.46. The molecule has 160 valence electrons. The van der Waals surface area contributed by atoms with E-state index in [2.05, 4.69) is 10.3 Å². The second kappa shape index (κ2) is 9.09. The van der Waals surface area contributed by atoms with Gasteiger partial charge in [-0.05, 0) is 23.6 Å². The Morgan fingerprint density at radius 1 is 1.23 bits per heavy atom. The Morgan fingerprint density at radius 3 is 2.60 bits per heavy atom. The summed E-state index contributed by atoms with van der Waals surface area (Å²) >= 11 is 14.2. The first-order valence-electron chi connectivity index (χ1n) is 8.78. The molecule has 3 heterocycles. The number of nitrogens with zero attached hydrogens (tertiary/aromatic N) is 3. The molecule has 12 heteroatoms. The minimum Gasteiger partial charge on any atom is -0.394 e. The van der Waals surface area contributed by atoms with Gasteiger partial charge in [-0.15, -0.1) is 16.4 Å². The van der Waals surface area contributed by atoms with Crippen molar-refractivity contribution in [2.75, 3.05) is 6.61 Å². The van der Waals surface area contributed by atoms with E-state index >= 15 is 0 Å². The summed E-state index contributed by atoms with van der Waals surface area (Å²) in [5, 5.41) is 41.0. The van der Waals surface area contributed by atoms with Crippen molar-refractivity contribution in [2.45, 2.75) is 34.7 Å². The number of thiophene rings is 1. The summed E-state index contributed by atoms with van der Waals surface area (Å²) in [7, 11) is 0. The average Bonchev–Trinajstić information content (AvgIpc) is 3.40. The van der Waals surface area contributed by atoms with Crippen LogP contribution in [0.2, 0.25) is 10.0 Å². The quantitative estimate of drug-likeness (QED) is 0.471. The fourth-order valence-corrected chi connectivity index (χ4v) is 5.60. The molecule has 0 aliphatic carbocycles. The van der Waals surface area contributed by atoms with Crippen molar-refractivity contribution < 1.29 is 24.4 Å².